The fraction of sp³-hybridized carbons (Fsp3) is 1.00. The molecular weight excluding hydrogens is 172 g/mol. The van der Waals surface area contributed by atoms with Gasteiger partial charge >= 0.3 is 0 Å². The Bertz CT molecular complexity index is 39.3. The molecular formula is C5H19ClN2O3. The Morgan fingerprint density at radius 2 is 1.00 bits per heavy atom. The van der Waals surface area contributed by atoms with Gasteiger partial charge in [-0.1, -0.05) is 0 Å². The van der Waals surface area contributed by atoms with Crippen LogP contribution in [0.1, 0.15) is 6.42 Å². The first kappa shape index (κ1) is 22.5. The van der Waals surface area contributed by atoms with Gasteiger partial charge < -0.3 is 27.1 Å². The van der Waals surface area contributed by atoms with Crippen molar-refractivity contribution < 1.29 is 16.4 Å². The van der Waals surface area contributed by atoms with Crippen LogP contribution in [0.3, 0.4) is 0 Å². The third kappa shape index (κ3) is 13.1. The van der Waals surface area contributed by atoms with E-state index >= 15 is 0 Å². The number of nitrogens with one attached hydrogen (secondary N) is 2. The summed E-state index contributed by atoms with van der Waals surface area (Å²) in [5, 5.41) is 6.57. The fourth-order valence-corrected chi connectivity index (χ4v) is 0.765. The van der Waals surface area contributed by atoms with E-state index in [2.05, 4.69) is 10.6 Å². The summed E-state index contributed by atoms with van der Waals surface area (Å²) >= 11 is 0. The van der Waals surface area contributed by atoms with Gasteiger partial charge in [0.2, 0.25) is 0 Å². The van der Waals surface area contributed by atoms with Gasteiger partial charge in [0.15, 0.2) is 0 Å². The van der Waals surface area contributed by atoms with Crippen molar-refractivity contribution in [2.45, 2.75) is 6.42 Å². The molecule has 0 radical (unpaired) electrons. The largest absolute Gasteiger partial charge is 0.412 e. The second-order valence-electron chi connectivity index (χ2n) is 1.85. The zero-order chi connectivity index (χ0) is 4.95. The molecule has 0 saturated carbocycles. The van der Waals surface area contributed by atoms with Crippen LogP contribution in [0.15, 0.2) is 0 Å². The average Bonchev–Trinajstić information content (AvgIpc) is 1.90. The smallest absolute Gasteiger partial charge is 0.00767 e. The van der Waals surface area contributed by atoms with E-state index < -0.39 is 0 Å². The molecule has 1 rings (SSSR count). The number of hydrogen-bond donors (Lipinski definition) is 2. The molecule has 1 fully saturated rings. The van der Waals surface area contributed by atoms with E-state index in [0.29, 0.717) is 0 Å². The van der Waals surface area contributed by atoms with Gasteiger partial charge in [-0.15, -0.1) is 12.4 Å². The van der Waals surface area contributed by atoms with Gasteiger partial charge in [0.25, 0.3) is 0 Å². The van der Waals surface area contributed by atoms with Crippen LogP contribution in [0, 0.1) is 0 Å². The summed E-state index contributed by atoms with van der Waals surface area (Å²) in [6.45, 7) is 4.65. The Morgan fingerprint density at radius 3 is 1.36 bits per heavy atom. The van der Waals surface area contributed by atoms with Crippen molar-refractivity contribution in [3.05, 3.63) is 0 Å². The molecule has 0 amide bonds. The van der Waals surface area contributed by atoms with E-state index in [0.717, 1.165) is 13.1 Å². The molecule has 6 heteroatoms. The van der Waals surface area contributed by atoms with Gasteiger partial charge in [-0.05, 0) is 19.5 Å². The van der Waals surface area contributed by atoms with Crippen molar-refractivity contribution in [2.75, 3.05) is 26.2 Å². The molecule has 0 aromatic heterocycles. The maximum absolute atomic E-state index is 3.28. The highest BCUT2D eigenvalue weighted by Gasteiger charge is 1.92. The van der Waals surface area contributed by atoms with Gasteiger partial charge in [0.1, 0.15) is 0 Å². The minimum absolute atomic E-state index is 0. The van der Waals surface area contributed by atoms with Gasteiger partial charge in [-0.3, -0.25) is 0 Å². The molecule has 11 heavy (non-hydrogen) atoms. The predicted molar refractivity (Wildman–Crippen MR) is 48.4 cm³/mol. The lowest BCUT2D eigenvalue weighted by molar-refractivity contribution is 0.718. The van der Waals surface area contributed by atoms with Crippen LogP contribution >= 0.6 is 12.4 Å². The summed E-state index contributed by atoms with van der Waals surface area (Å²) < 4.78 is 0. The molecule has 1 aliphatic heterocycles. The topological polar surface area (TPSA) is 119 Å². The SMILES string of the molecule is C1CNCCNC1.Cl.O.O.O. The van der Waals surface area contributed by atoms with Crippen molar-refractivity contribution in [3.8, 4) is 0 Å². The second-order valence-corrected chi connectivity index (χ2v) is 1.85. The molecule has 0 spiro atoms. The summed E-state index contributed by atoms with van der Waals surface area (Å²) in [5.41, 5.74) is 0. The van der Waals surface area contributed by atoms with Gasteiger partial charge in [0, 0.05) is 13.1 Å². The van der Waals surface area contributed by atoms with Crippen LogP contribution in [0.2, 0.25) is 0 Å². The normalized spacial score (nSPS) is 15.3. The Morgan fingerprint density at radius 1 is 0.636 bits per heavy atom. The number of rotatable bonds is 0. The summed E-state index contributed by atoms with van der Waals surface area (Å²) in [7, 11) is 0. The highest BCUT2D eigenvalue weighted by atomic mass is 35.5. The molecule has 1 heterocycles. The maximum atomic E-state index is 3.28. The molecule has 0 aromatic rings. The summed E-state index contributed by atoms with van der Waals surface area (Å²) in [5.74, 6) is 0. The molecule has 0 atom stereocenters. The van der Waals surface area contributed by atoms with E-state index in [4.69, 9.17) is 0 Å². The first-order valence-corrected chi connectivity index (χ1v) is 2.91. The molecule has 0 bridgehead atoms. The van der Waals surface area contributed by atoms with Crippen LogP contribution < -0.4 is 10.6 Å². The Balaban J connectivity index is -0.0000000612. The first-order valence-electron chi connectivity index (χ1n) is 2.91. The molecule has 1 saturated heterocycles. The van der Waals surface area contributed by atoms with E-state index in [1.165, 1.54) is 19.5 Å². The zero-order valence-electron chi connectivity index (χ0n) is 6.44. The fourth-order valence-electron chi connectivity index (χ4n) is 0.765. The third-order valence-electron chi connectivity index (χ3n) is 1.19. The molecule has 1 aliphatic rings. The number of halogens is 1. The first-order chi connectivity index (χ1) is 3.50. The van der Waals surface area contributed by atoms with E-state index in [1.807, 2.05) is 0 Å². The van der Waals surface area contributed by atoms with Crippen molar-refractivity contribution in [1.29, 1.82) is 0 Å². The van der Waals surface area contributed by atoms with Crippen LogP contribution in [0.25, 0.3) is 0 Å². The molecule has 0 aliphatic carbocycles. The van der Waals surface area contributed by atoms with Gasteiger partial charge in [-0.2, -0.15) is 0 Å². The summed E-state index contributed by atoms with van der Waals surface area (Å²) in [4.78, 5) is 0. The zero-order valence-corrected chi connectivity index (χ0v) is 7.26. The van der Waals surface area contributed by atoms with Gasteiger partial charge in [0.05, 0.1) is 0 Å². The quantitative estimate of drug-likeness (QED) is 0.440. The maximum Gasteiger partial charge on any atom is 0.00767 e. The van der Waals surface area contributed by atoms with Crippen LogP contribution in [0.5, 0.6) is 0 Å². The van der Waals surface area contributed by atoms with Crippen molar-refractivity contribution in [1.82, 2.24) is 10.6 Å². The minimum Gasteiger partial charge on any atom is -0.412 e. The Hall–Kier alpha value is 0.0900. The van der Waals surface area contributed by atoms with Crippen molar-refractivity contribution >= 4 is 12.4 Å². The number of hydrogen-bond acceptors (Lipinski definition) is 2. The lowest BCUT2D eigenvalue weighted by Gasteiger charge is -1.92. The standard InChI is InChI=1S/C5H12N2.ClH.3H2O/c1-2-6-4-5-7-3-1;;;;/h6-7H,1-5H2;1H;3*1H2. The predicted octanol–water partition coefficient (Wildman–Crippen LogP) is -2.48. The summed E-state index contributed by atoms with van der Waals surface area (Å²) in [6, 6.07) is 0. The van der Waals surface area contributed by atoms with Crippen molar-refractivity contribution in [3.63, 3.8) is 0 Å². The van der Waals surface area contributed by atoms with Gasteiger partial charge in [-0.25, -0.2) is 0 Å². The van der Waals surface area contributed by atoms with E-state index in [9.17, 15) is 0 Å². The Kier molecular flexibility index (Phi) is 33.9. The molecule has 74 valence electrons. The highest BCUT2D eigenvalue weighted by molar-refractivity contribution is 5.85. The van der Waals surface area contributed by atoms with E-state index in [-0.39, 0.29) is 28.8 Å². The second kappa shape index (κ2) is 16.6. The average molecular weight is 191 g/mol. The molecule has 8 N–H and O–H groups in total. The van der Waals surface area contributed by atoms with Crippen molar-refractivity contribution in [2.24, 2.45) is 0 Å². The van der Waals surface area contributed by atoms with E-state index in [1.54, 1.807) is 0 Å². The Labute approximate surface area is 72.9 Å². The lowest BCUT2D eigenvalue weighted by Crippen LogP contribution is -2.21. The molecule has 0 aromatic carbocycles. The lowest BCUT2D eigenvalue weighted by atomic mass is 10.4. The monoisotopic (exact) mass is 190 g/mol. The van der Waals surface area contributed by atoms with Crippen LogP contribution in [-0.4, -0.2) is 42.6 Å². The molecule has 5 nitrogen and oxygen atoms in total. The minimum atomic E-state index is 0. The third-order valence-corrected chi connectivity index (χ3v) is 1.19. The van der Waals surface area contributed by atoms with Crippen LogP contribution in [-0.2, 0) is 0 Å². The highest BCUT2D eigenvalue weighted by Crippen LogP contribution is 1.75. The summed E-state index contributed by atoms with van der Waals surface area (Å²) in [6.07, 6.45) is 1.28. The molecule has 0 unspecified atom stereocenters. The van der Waals surface area contributed by atoms with Crippen LogP contribution in [0.4, 0.5) is 0 Å².